The second-order valence-electron chi connectivity index (χ2n) is 6.63. The van der Waals surface area contributed by atoms with Crippen LogP contribution in [0.4, 0.5) is 4.39 Å². The molecule has 174 valence electrons. The Morgan fingerprint density at radius 2 is 2.19 bits per heavy atom. The van der Waals surface area contributed by atoms with E-state index < -0.39 is 11.7 Å². The van der Waals surface area contributed by atoms with Crippen molar-refractivity contribution in [1.82, 2.24) is 16.0 Å². The van der Waals surface area contributed by atoms with Crippen LogP contribution in [0.25, 0.3) is 0 Å². The monoisotopic (exact) mass is 483 g/mol. The Hall–Kier alpha value is -2.91. The number of allylic oxidation sites excluding steroid dienone is 5. The van der Waals surface area contributed by atoms with Gasteiger partial charge in [-0.2, -0.15) is 0 Å². The highest BCUT2D eigenvalue weighted by Gasteiger charge is 2.16. The molecule has 10 heteroatoms. The molecule has 1 fully saturated rings. The third kappa shape index (κ3) is 10.9. The first-order chi connectivity index (χ1) is 15.1. The SMILES string of the molecule is C=C/C(=C\C(F)=C\Cl)OCC(=O)NC(C)CC(=C)NC(=O)/C=C/C=C1/NC(C)SOC1=C. The molecule has 0 spiro atoms. The average molecular weight is 484 g/mol. The summed E-state index contributed by atoms with van der Waals surface area (Å²) in [4.78, 5) is 24.0. The van der Waals surface area contributed by atoms with E-state index in [1.54, 1.807) is 19.1 Å². The van der Waals surface area contributed by atoms with E-state index in [1.807, 2.05) is 6.92 Å². The lowest BCUT2D eigenvalue weighted by molar-refractivity contribution is -0.124. The Morgan fingerprint density at radius 1 is 1.47 bits per heavy atom. The van der Waals surface area contributed by atoms with Crippen LogP contribution < -0.4 is 16.0 Å². The lowest BCUT2D eigenvalue weighted by Crippen LogP contribution is -2.36. The fourth-order valence-electron chi connectivity index (χ4n) is 2.35. The van der Waals surface area contributed by atoms with Crippen LogP contribution in [0.2, 0.25) is 0 Å². The first kappa shape index (κ1) is 27.1. The molecule has 0 aliphatic carbocycles. The molecule has 0 aromatic rings. The molecule has 0 aromatic carbocycles. The topological polar surface area (TPSA) is 88.7 Å². The first-order valence-corrected chi connectivity index (χ1v) is 10.8. The molecule has 0 aromatic heterocycles. The maximum Gasteiger partial charge on any atom is 0.258 e. The Morgan fingerprint density at radius 3 is 2.84 bits per heavy atom. The zero-order valence-electron chi connectivity index (χ0n) is 18.0. The van der Waals surface area contributed by atoms with Gasteiger partial charge in [0, 0.05) is 35.8 Å². The second-order valence-corrected chi connectivity index (χ2v) is 7.91. The number of halogens is 2. The fourth-order valence-corrected chi connectivity index (χ4v) is 2.94. The Balaban J connectivity index is 2.42. The van der Waals surface area contributed by atoms with Crippen LogP contribution >= 0.6 is 23.6 Å². The van der Waals surface area contributed by atoms with E-state index >= 15 is 0 Å². The maximum atomic E-state index is 13.1. The summed E-state index contributed by atoms with van der Waals surface area (Å²) in [6, 6.07) is -0.327. The van der Waals surface area contributed by atoms with Gasteiger partial charge in [-0.15, -0.1) is 0 Å². The highest BCUT2D eigenvalue weighted by molar-refractivity contribution is 7.95. The summed E-state index contributed by atoms with van der Waals surface area (Å²) in [5.74, 6) is -0.982. The number of hydrogen-bond donors (Lipinski definition) is 3. The van der Waals surface area contributed by atoms with Gasteiger partial charge in [-0.3, -0.25) is 9.59 Å². The van der Waals surface area contributed by atoms with Crippen LogP contribution in [-0.4, -0.2) is 29.8 Å². The molecule has 2 atom stereocenters. The number of carbonyl (C=O) groups excluding carboxylic acids is 2. The molecule has 0 bridgehead atoms. The Kier molecular flexibility index (Phi) is 12.0. The summed E-state index contributed by atoms with van der Waals surface area (Å²) in [7, 11) is 0. The average Bonchev–Trinajstić information content (AvgIpc) is 2.72. The van der Waals surface area contributed by atoms with Gasteiger partial charge in [0.05, 0.1) is 17.7 Å². The standard InChI is InChI=1S/C22H27ClFN3O4S/c1-6-19(11-18(24)12-23)30-13-22(29)26-15(3)10-14(2)25-21(28)9-7-8-20-16(4)31-32-17(5)27-20/h6-9,11-12,15,17,27H,1-2,4,10,13H2,3,5H3,(H,25,28)(H,26,29)/b9-7+,18-12-,19-11+,20-8+. The number of nitrogens with one attached hydrogen (secondary N) is 3. The van der Waals surface area contributed by atoms with Gasteiger partial charge < -0.3 is 24.9 Å². The molecule has 2 unspecified atom stereocenters. The Bertz CT molecular complexity index is 867. The highest BCUT2D eigenvalue weighted by atomic mass is 35.5. The van der Waals surface area contributed by atoms with Crippen molar-refractivity contribution >= 4 is 35.5 Å². The van der Waals surface area contributed by atoms with Crippen LogP contribution in [0, 0.1) is 0 Å². The summed E-state index contributed by atoms with van der Waals surface area (Å²) >= 11 is 6.50. The van der Waals surface area contributed by atoms with Crippen LogP contribution in [0.3, 0.4) is 0 Å². The van der Waals surface area contributed by atoms with Gasteiger partial charge in [-0.25, -0.2) is 4.39 Å². The van der Waals surface area contributed by atoms with Crippen molar-refractivity contribution in [1.29, 1.82) is 0 Å². The molecule has 1 aliphatic rings. The van der Waals surface area contributed by atoms with Crippen LogP contribution in [0.15, 0.2) is 84.4 Å². The number of rotatable bonds is 11. The smallest absolute Gasteiger partial charge is 0.258 e. The number of carbonyl (C=O) groups is 2. The van der Waals surface area contributed by atoms with Crippen molar-refractivity contribution in [3.63, 3.8) is 0 Å². The molecule has 1 rings (SSSR count). The van der Waals surface area contributed by atoms with Gasteiger partial charge in [0.25, 0.3) is 5.91 Å². The first-order valence-electron chi connectivity index (χ1n) is 9.53. The van der Waals surface area contributed by atoms with Gasteiger partial charge in [0.2, 0.25) is 5.91 Å². The third-order valence-electron chi connectivity index (χ3n) is 3.68. The normalized spacial score (nSPS) is 19.1. The minimum absolute atomic E-state index is 0.0624. The number of hydrogen-bond acceptors (Lipinski definition) is 6. The van der Waals surface area contributed by atoms with E-state index in [1.165, 1.54) is 24.2 Å². The number of ether oxygens (including phenoxy) is 1. The van der Waals surface area contributed by atoms with E-state index in [4.69, 9.17) is 20.5 Å². The van der Waals surface area contributed by atoms with Crippen LogP contribution in [-0.2, 0) is 18.5 Å². The van der Waals surface area contributed by atoms with E-state index in [0.29, 0.717) is 23.6 Å². The van der Waals surface area contributed by atoms with E-state index in [2.05, 4.69) is 35.7 Å². The van der Waals surface area contributed by atoms with Crippen LogP contribution in [0.1, 0.15) is 20.3 Å². The van der Waals surface area contributed by atoms with Crippen molar-refractivity contribution in [2.75, 3.05) is 6.61 Å². The van der Waals surface area contributed by atoms with Gasteiger partial charge in [-0.1, -0.05) is 37.4 Å². The van der Waals surface area contributed by atoms with Crippen molar-refractivity contribution in [3.05, 3.63) is 84.4 Å². The van der Waals surface area contributed by atoms with E-state index in [-0.39, 0.29) is 29.7 Å². The molecular formula is C22H27ClFN3O4S. The zero-order valence-corrected chi connectivity index (χ0v) is 19.5. The summed E-state index contributed by atoms with van der Waals surface area (Å²) in [6.07, 6.45) is 7.16. The minimum Gasteiger partial charge on any atom is -0.484 e. The van der Waals surface area contributed by atoms with Crippen LogP contribution in [0.5, 0.6) is 0 Å². The van der Waals surface area contributed by atoms with Gasteiger partial charge in [-0.05, 0) is 26.0 Å². The van der Waals surface area contributed by atoms with Gasteiger partial charge in [0.15, 0.2) is 12.4 Å². The molecule has 0 saturated carbocycles. The van der Waals surface area contributed by atoms with E-state index in [0.717, 1.165) is 11.6 Å². The van der Waals surface area contributed by atoms with Crippen molar-refractivity contribution < 1.29 is 22.9 Å². The lowest BCUT2D eigenvalue weighted by Gasteiger charge is -2.24. The molecule has 0 radical (unpaired) electrons. The van der Waals surface area contributed by atoms with Crippen molar-refractivity contribution in [2.24, 2.45) is 0 Å². The molecule has 1 aliphatic heterocycles. The molecule has 32 heavy (non-hydrogen) atoms. The van der Waals surface area contributed by atoms with Crippen molar-refractivity contribution in [3.8, 4) is 0 Å². The quantitative estimate of drug-likeness (QED) is 0.176. The third-order valence-corrected chi connectivity index (χ3v) is 4.59. The minimum atomic E-state index is -0.727. The lowest BCUT2D eigenvalue weighted by atomic mass is 10.2. The highest BCUT2D eigenvalue weighted by Crippen LogP contribution is 2.25. The summed E-state index contributed by atoms with van der Waals surface area (Å²) < 4.78 is 23.6. The maximum absolute atomic E-state index is 13.1. The van der Waals surface area contributed by atoms with Gasteiger partial charge >= 0.3 is 0 Å². The fraction of sp³-hybridized carbons (Fsp3) is 0.273. The van der Waals surface area contributed by atoms with E-state index in [9.17, 15) is 14.0 Å². The predicted molar refractivity (Wildman–Crippen MR) is 126 cm³/mol. The van der Waals surface area contributed by atoms with Crippen molar-refractivity contribution in [2.45, 2.75) is 31.7 Å². The number of amides is 2. The molecule has 7 nitrogen and oxygen atoms in total. The molecule has 1 heterocycles. The molecule has 3 N–H and O–H groups in total. The largest absolute Gasteiger partial charge is 0.484 e. The predicted octanol–water partition coefficient (Wildman–Crippen LogP) is 4.22. The van der Waals surface area contributed by atoms with Gasteiger partial charge in [0.1, 0.15) is 17.0 Å². The second kappa shape index (κ2) is 14.2. The molecular weight excluding hydrogens is 457 g/mol. The summed E-state index contributed by atoms with van der Waals surface area (Å²) in [5, 5.41) is 8.57. The Labute approximate surface area is 197 Å². The molecule has 2 amide bonds. The zero-order chi connectivity index (χ0) is 24.1. The summed E-state index contributed by atoms with van der Waals surface area (Å²) in [5.41, 5.74) is 1.85. The summed E-state index contributed by atoms with van der Waals surface area (Å²) in [6.45, 7) is 14.4. The molecule has 1 saturated heterocycles.